The van der Waals surface area contributed by atoms with E-state index in [0.29, 0.717) is 6.54 Å². The Bertz CT molecular complexity index is 354. The van der Waals surface area contributed by atoms with Gasteiger partial charge in [0.2, 0.25) is 0 Å². The quantitative estimate of drug-likeness (QED) is 0.776. The second kappa shape index (κ2) is 5.93. The number of carbonyl (C=O) groups is 1. The van der Waals surface area contributed by atoms with E-state index in [2.05, 4.69) is 4.98 Å². The lowest BCUT2D eigenvalue weighted by molar-refractivity contribution is 0.0691. The Kier molecular flexibility index (Phi) is 4.85. The molecule has 0 fully saturated rings. The van der Waals surface area contributed by atoms with Crippen LogP contribution in [0.15, 0.2) is 5.38 Å². The predicted octanol–water partition coefficient (Wildman–Crippen LogP) is 0.869. The van der Waals surface area contributed by atoms with Gasteiger partial charge in [-0.2, -0.15) is 0 Å². The van der Waals surface area contributed by atoms with Gasteiger partial charge in [-0.3, -0.25) is 0 Å². The van der Waals surface area contributed by atoms with E-state index >= 15 is 0 Å². The summed E-state index contributed by atoms with van der Waals surface area (Å²) in [6.45, 7) is 3.49. The van der Waals surface area contributed by atoms with Crippen molar-refractivity contribution in [3.05, 3.63) is 16.1 Å². The fourth-order valence-corrected chi connectivity index (χ4v) is 2.26. The van der Waals surface area contributed by atoms with Crippen molar-refractivity contribution in [2.75, 3.05) is 26.7 Å². The van der Waals surface area contributed by atoms with Gasteiger partial charge in [0.05, 0.1) is 11.6 Å². The molecule has 0 amide bonds. The van der Waals surface area contributed by atoms with Gasteiger partial charge in [0, 0.05) is 24.4 Å². The second-order valence-corrected chi connectivity index (χ2v) is 4.65. The molecule has 6 heteroatoms. The highest BCUT2D eigenvalue weighted by Crippen LogP contribution is 2.20. The Morgan fingerprint density at radius 1 is 1.69 bits per heavy atom. The van der Waals surface area contributed by atoms with Crippen molar-refractivity contribution < 1.29 is 15.0 Å². The Morgan fingerprint density at radius 2 is 2.38 bits per heavy atom. The van der Waals surface area contributed by atoms with Gasteiger partial charge in [-0.1, -0.05) is 6.92 Å². The average Bonchev–Trinajstić information content (AvgIpc) is 2.66. The minimum Gasteiger partial charge on any atom is -0.476 e. The number of carboxylic acid groups (broad SMARTS) is 1. The molecule has 0 aliphatic rings. The molecule has 0 radical (unpaired) electrons. The number of aromatic carboxylic acids is 1. The summed E-state index contributed by atoms with van der Waals surface area (Å²) in [5.41, 5.74) is 0.108. The van der Waals surface area contributed by atoms with E-state index in [0.717, 1.165) is 11.6 Å². The van der Waals surface area contributed by atoms with Crippen molar-refractivity contribution in [3.8, 4) is 0 Å². The maximum Gasteiger partial charge on any atom is 0.355 e. The minimum absolute atomic E-state index is 0.108. The van der Waals surface area contributed by atoms with Crippen molar-refractivity contribution in [1.82, 2.24) is 9.88 Å². The highest BCUT2D eigenvalue weighted by molar-refractivity contribution is 7.09. The van der Waals surface area contributed by atoms with Crippen molar-refractivity contribution in [3.63, 3.8) is 0 Å². The number of thiazole rings is 1. The first-order valence-electron chi connectivity index (χ1n) is 5.02. The van der Waals surface area contributed by atoms with Crippen molar-refractivity contribution in [1.29, 1.82) is 0 Å². The van der Waals surface area contributed by atoms with Crippen LogP contribution in [0.4, 0.5) is 0 Å². The number of hydrogen-bond acceptors (Lipinski definition) is 5. The lowest BCUT2D eigenvalue weighted by Gasteiger charge is -2.18. The fraction of sp³-hybridized carbons (Fsp3) is 0.600. The van der Waals surface area contributed by atoms with E-state index < -0.39 is 5.97 Å². The molecule has 1 rings (SSSR count). The molecule has 90 valence electrons. The largest absolute Gasteiger partial charge is 0.476 e. The van der Waals surface area contributed by atoms with Gasteiger partial charge in [-0.25, -0.2) is 9.78 Å². The number of carboxylic acids is 1. The minimum atomic E-state index is -0.988. The summed E-state index contributed by atoms with van der Waals surface area (Å²) in [5.74, 6) is -0.812. The van der Waals surface area contributed by atoms with Crippen LogP contribution in [0.1, 0.15) is 28.3 Å². The highest BCUT2D eigenvalue weighted by atomic mass is 32.1. The summed E-state index contributed by atoms with van der Waals surface area (Å²) >= 11 is 1.36. The van der Waals surface area contributed by atoms with Gasteiger partial charge in [0.15, 0.2) is 5.69 Å². The Balaban J connectivity index is 2.58. The van der Waals surface area contributed by atoms with Gasteiger partial charge < -0.3 is 15.1 Å². The van der Waals surface area contributed by atoms with Crippen molar-refractivity contribution in [2.45, 2.75) is 12.8 Å². The number of aliphatic hydroxyl groups is 1. The number of hydrogen-bond donors (Lipinski definition) is 2. The molecule has 1 aromatic rings. The number of aromatic nitrogens is 1. The van der Waals surface area contributed by atoms with E-state index in [1.54, 1.807) is 5.38 Å². The van der Waals surface area contributed by atoms with Crippen molar-refractivity contribution >= 4 is 17.3 Å². The van der Waals surface area contributed by atoms with Crippen LogP contribution < -0.4 is 0 Å². The fourth-order valence-electron chi connectivity index (χ4n) is 1.42. The standard InChI is InChI=1S/C10H16N2O3S/c1-7(5-12(2)3-4-13)9-11-8(6-16-9)10(14)15/h6-7,13H,3-5H2,1-2H3,(H,14,15). The lowest BCUT2D eigenvalue weighted by Crippen LogP contribution is -2.26. The Labute approximate surface area is 98.4 Å². The van der Waals surface area contributed by atoms with Gasteiger partial charge in [0.1, 0.15) is 0 Å². The van der Waals surface area contributed by atoms with Gasteiger partial charge >= 0.3 is 5.97 Å². The summed E-state index contributed by atoms with van der Waals surface area (Å²) in [4.78, 5) is 16.7. The first-order valence-corrected chi connectivity index (χ1v) is 5.90. The van der Waals surface area contributed by atoms with Gasteiger partial charge in [-0.15, -0.1) is 11.3 Å². The number of likely N-dealkylation sites (N-methyl/N-ethyl adjacent to an activating group) is 1. The number of aliphatic hydroxyl groups excluding tert-OH is 1. The van der Waals surface area contributed by atoms with Crippen LogP contribution in [0.3, 0.4) is 0 Å². The molecular weight excluding hydrogens is 228 g/mol. The molecule has 1 atom stereocenters. The smallest absolute Gasteiger partial charge is 0.355 e. The molecule has 1 heterocycles. The summed E-state index contributed by atoms with van der Waals surface area (Å²) in [6.07, 6.45) is 0. The van der Waals surface area contributed by atoms with Crippen LogP contribution in [0.25, 0.3) is 0 Å². The lowest BCUT2D eigenvalue weighted by atomic mass is 10.2. The first kappa shape index (κ1) is 13.1. The third-order valence-corrected chi connectivity index (χ3v) is 3.31. The van der Waals surface area contributed by atoms with Gasteiger partial charge in [0.25, 0.3) is 0 Å². The van der Waals surface area contributed by atoms with Crippen molar-refractivity contribution in [2.24, 2.45) is 0 Å². The second-order valence-electron chi connectivity index (χ2n) is 3.76. The Morgan fingerprint density at radius 3 is 2.88 bits per heavy atom. The average molecular weight is 244 g/mol. The molecule has 5 nitrogen and oxygen atoms in total. The first-order chi connectivity index (χ1) is 7.54. The third kappa shape index (κ3) is 3.55. The molecule has 1 aromatic heterocycles. The van der Waals surface area contributed by atoms with Crippen LogP contribution in [-0.4, -0.2) is 52.8 Å². The molecule has 0 saturated carbocycles. The summed E-state index contributed by atoms with van der Waals surface area (Å²) in [5, 5.41) is 19.9. The van der Waals surface area contributed by atoms with Crippen LogP contribution in [0.5, 0.6) is 0 Å². The van der Waals surface area contributed by atoms with E-state index in [-0.39, 0.29) is 18.2 Å². The normalized spacial score (nSPS) is 13.0. The molecule has 0 bridgehead atoms. The van der Waals surface area contributed by atoms with Crippen LogP contribution in [-0.2, 0) is 0 Å². The molecule has 16 heavy (non-hydrogen) atoms. The topological polar surface area (TPSA) is 73.7 Å². The molecule has 0 saturated heterocycles. The molecular formula is C10H16N2O3S. The SMILES string of the molecule is CC(CN(C)CCO)c1nc(C(=O)O)cs1. The van der Waals surface area contributed by atoms with E-state index in [4.69, 9.17) is 10.2 Å². The third-order valence-electron chi connectivity index (χ3n) is 2.23. The summed E-state index contributed by atoms with van der Waals surface area (Å²) < 4.78 is 0. The zero-order chi connectivity index (χ0) is 12.1. The molecule has 1 unspecified atom stereocenters. The van der Waals surface area contributed by atoms with Gasteiger partial charge in [-0.05, 0) is 7.05 Å². The summed E-state index contributed by atoms with van der Waals surface area (Å²) in [7, 11) is 1.92. The zero-order valence-corrected chi connectivity index (χ0v) is 10.2. The monoisotopic (exact) mass is 244 g/mol. The summed E-state index contributed by atoms with van der Waals surface area (Å²) in [6, 6.07) is 0. The van der Waals surface area contributed by atoms with E-state index in [9.17, 15) is 4.79 Å². The number of rotatable bonds is 6. The maximum atomic E-state index is 10.7. The Hall–Kier alpha value is -0.980. The zero-order valence-electron chi connectivity index (χ0n) is 9.38. The van der Waals surface area contributed by atoms with E-state index in [1.165, 1.54) is 11.3 Å². The predicted molar refractivity (Wildman–Crippen MR) is 62.1 cm³/mol. The van der Waals surface area contributed by atoms with Crippen LogP contribution in [0, 0.1) is 0 Å². The molecule has 0 spiro atoms. The molecule has 2 N–H and O–H groups in total. The van der Waals surface area contributed by atoms with Crippen LogP contribution in [0.2, 0.25) is 0 Å². The molecule has 0 aliphatic carbocycles. The highest BCUT2D eigenvalue weighted by Gasteiger charge is 2.15. The molecule has 0 aliphatic heterocycles. The molecule has 0 aromatic carbocycles. The number of nitrogens with zero attached hydrogens (tertiary/aromatic N) is 2. The van der Waals surface area contributed by atoms with E-state index in [1.807, 2.05) is 18.9 Å². The van der Waals surface area contributed by atoms with Crippen LogP contribution >= 0.6 is 11.3 Å². The maximum absolute atomic E-state index is 10.7.